The molecule has 1 unspecified atom stereocenters. The summed E-state index contributed by atoms with van der Waals surface area (Å²) in [5, 5.41) is 7.95. The predicted octanol–water partition coefficient (Wildman–Crippen LogP) is 2.54. The van der Waals surface area contributed by atoms with Gasteiger partial charge >= 0.3 is 0 Å². The van der Waals surface area contributed by atoms with E-state index in [0.717, 1.165) is 37.3 Å². The zero-order valence-corrected chi connectivity index (χ0v) is 15.2. The molecule has 2 heterocycles. The SMILES string of the molecule is Cc1cc(N2CCC(NC3CC(C)(c4ccccc4)C3)C2=O)n(C)n1. The summed E-state index contributed by atoms with van der Waals surface area (Å²) in [7, 11) is 1.90. The van der Waals surface area contributed by atoms with E-state index in [-0.39, 0.29) is 17.4 Å². The van der Waals surface area contributed by atoms with Crippen molar-refractivity contribution in [3.63, 3.8) is 0 Å². The molecule has 5 heteroatoms. The van der Waals surface area contributed by atoms with E-state index in [9.17, 15) is 4.79 Å². The largest absolute Gasteiger partial charge is 0.303 e. The highest BCUT2D eigenvalue weighted by Gasteiger charge is 2.44. The third kappa shape index (κ3) is 2.86. The first-order valence-corrected chi connectivity index (χ1v) is 9.10. The van der Waals surface area contributed by atoms with Crippen LogP contribution in [0, 0.1) is 6.92 Å². The van der Waals surface area contributed by atoms with Gasteiger partial charge in [0.1, 0.15) is 5.82 Å². The molecule has 132 valence electrons. The molecule has 2 aromatic rings. The molecule has 1 saturated carbocycles. The number of rotatable bonds is 4. The number of hydrogen-bond donors (Lipinski definition) is 1. The Balaban J connectivity index is 1.37. The van der Waals surface area contributed by atoms with Gasteiger partial charge in [-0.05, 0) is 37.2 Å². The lowest BCUT2D eigenvalue weighted by molar-refractivity contribution is -0.119. The van der Waals surface area contributed by atoms with Gasteiger partial charge in [0, 0.05) is 25.7 Å². The number of aryl methyl sites for hydroxylation is 2. The standard InChI is InChI=1S/C20H26N4O/c1-14-11-18(23(3)22-14)24-10-9-17(19(24)25)21-16-12-20(2,13-16)15-7-5-4-6-8-15/h4-8,11,16-17,21H,9-10,12-13H2,1-3H3. The Labute approximate surface area is 149 Å². The summed E-state index contributed by atoms with van der Waals surface area (Å²) in [6.07, 6.45) is 3.04. The molecule has 1 amide bonds. The summed E-state index contributed by atoms with van der Waals surface area (Å²) in [5.41, 5.74) is 2.58. The minimum Gasteiger partial charge on any atom is -0.303 e. The van der Waals surface area contributed by atoms with Gasteiger partial charge in [0.15, 0.2) is 0 Å². The summed E-state index contributed by atoms with van der Waals surface area (Å²) in [5.74, 6) is 1.07. The molecule has 0 bridgehead atoms. The minimum atomic E-state index is -0.0690. The van der Waals surface area contributed by atoms with Crippen molar-refractivity contribution in [1.82, 2.24) is 15.1 Å². The molecule has 1 aromatic carbocycles. The van der Waals surface area contributed by atoms with Crippen molar-refractivity contribution in [2.45, 2.75) is 50.6 Å². The molecule has 25 heavy (non-hydrogen) atoms. The van der Waals surface area contributed by atoms with Gasteiger partial charge in [-0.2, -0.15) is 5.10 Å². The maximum Gasteiger partial charge on any atom is 0.245 e. The van der Waals surface area contributed by atoms with Crippen LogP contribution in [0.15, 0.2) is 36.4 Å². The van der Waals surface area contributed by atoms with Crippen LogP contribution >= 0.6 is 0 Å². The zero-order chi connectivity index (χ0) is 17.6. The molecule has 2 fully saturated rings. The maximum absolute atomic E-state index is 12.8. The van der Waals surface area contributed by atoms with Crippen molar-refractivity contribution in [2.24, 2.45) is 7.05 Å². The molecule has 1 saturated heterocycles. The fraction of sp³-hybridized carbons (Fsp3) is 0.500. The van der Waals surface area contributed by atoms with Crippen LogP contribution in [0.2, 0.25) is 0 Å². The van der Waals surface area contributed by atoms with E-state index in [1.54, 1.807) is 4.68 Å². The Morgan fingerprint density at radius 1 is 1.24 bits per heavy atom. The second-order valence-corrected chi connectivity index (χ2v) is 7.80. The molecule has 5 nitrogen and oxygen atoms in total. The normalized spacial score (nSPS) is 29.1. The lowest BCUT2D eigenvalue weighted by Crippen LogP contribution is -2.54. The lowest BCUT2D eigenvalue weighted by atomic mass is 9.63. The van der Waals surface area contributed by atoms with Crippen molar-refractivity contribution in [1.29, 1.82) is 0 Å². The number of hydrogen-bond acceptors (Lipinski definition) is 3. The monoisotopic (exact) mass is 338 g/mol. The average molecular weight is 338 g/mol. The molecule has 1 atom stereocenters. The first kappa shape index (κ1) is 16.3. The zero-order valence-electron chi connectivity index (χ0n) is 15.2. The van der Waals surface area contributed by atoms with Gasteiger partial charge < -0.3 is 5.32 Å². The van der Waals surface area contributed by atoms with Crippen LogP contribution in [0.5, 0.6) is 0 Å². The Morgan fingerprint density at radius 3 is 2.60 bits per heavy atom. The van der Waals surface area contributed by atoms with Gasteiger partial charge in [0.05, 0.1) is 11.7 Å². The number of carbonyl (C=O) groups excluding carboxylic acids is 1. The van der Waals surface area contributed by atoms with Gasteiger partial charge in [-0.15, -0.1) is 0 Å². The highest BCUT2D eigenvalue weighted by molar-refractivity contribution is 5.98. The van der Waals surface area contributed by atoms with Gasteiger partial charge in [0.25, 0.3) is 0 Å². The van der Waals surface area contributed by atoms with Crippen molar-refractivity contribution < 1.29 is 4.79 Å². The van der Waals surface area contributed by atoms with Crippen LogP contribution < -0.4 is 10.2 Å². The number of nitrogens with zero attached hydrogens (tertiary/aromatic N) is 3. The Kier molecular flexibility index (Phi) is 3.91. The molecule has 0 spiro atoms. The quantitative estimate of drug-likeness (QED) is 0.932. The van der Waals surface area contributed by atoms with Crippen LogP contribution in [-0.4, -0.2) is 34.3 Å². The van der Waals surface area contributed by atoms with Gasteiger partial charge in [0.2, 0.25) is 5.91 Å². The number of anilines is 1. The fourth-order valence-corrected chi connectivity index (χ4v) is 4.42. The second-order valence-electron chi connectivity index (χ2n) is 7.80. The van der Waals surface area contributed by atoms with E-state index in [0.29, 0.717) is 6.04 Å². The van der Waals surface area contributed by atoms with Crippen LogP contribution in [0.1, 0.15) is 37.4 Å². The van der Waals surface area contributed by atoms with Crippen molar-refractivity contribution in [2.75, 3.05) is 11.4 Å². The maximum atomic E-state index is 12.8. The summed E-state index contributed by atoms with van der Waals surface area (Å²) in [6, 6.07) is 13.0. The van der Waals surface area contributed by atoms with Gasteiger partial charge in [-0.3, -0.25) is 14.4 Å². The van der Waals surface area contributed by atoms with Crippen molar-refractivity contribution in [3.8, 4) is 0 Å². The molecule has 1 aromatic heterocycles. The van der Waals surface area contributed by atoms with E-state index in [4.69, 9.17) is 0 Å². The molecule has 2 aliphatic rings. The molecule has 1 N–H and O–H groups in total. The predicted molar refractivity (Wildman–Crippen MR) is 98.7 cm³/mol. The molecular formula is C20H26N4O. The summed E-state index contributed by atoms with van der Waals surface area (Å²) >= 11 is 0. The van der Waals surface area contributed by atoms with E-state index in [1.807, 2.05) is 24.9 Å². The Hall–Kier alpha value is -2.14. The van der Waals surface area contributed by atoms with Gasteiger partial charge in [-0.1, -0.05) is 37.3 Å². The van der Waals surface area contributed by atoms with E-state index < -0.39 is 0 Å². The summed E-state index contributed by atoms with van der Waals surface area (Å²) in [6.45, 7) is 5.04. The fourth-order valence-electron chi connectivity index (χ4n) is 4.42. The van der Waals surface area contributed by atoms with Crippen molar-refractivity contribution >= 4 is 11.7 Å². The van der Waals surface area contributed by atoms with Crippen molar-refractivity contribution in [3.05, 3.63) is 47.7 Å². The Morgan fingerprint density at radius 2 is 1.96 bits per heavy atom. The summed E-state index contributed by atoms with van der Waals surface area (Å²) in [4.78, 5) is 14.7. The van der Waals surface area contributed by atoms with E-state index in [2.05, 4.69) is 47.7 Å². The third-order valence-corrected chi connectivity index (χ3v) is 5.76. The van der Waals surface area contributed by atoms with Crippen LogP contribution in [-0.2, 0) is 17.3 Å². The molecule has 1 aliphatic heterocycles. The molecular weight excluding hydrogens is 312 g/mol. The minimum absolute atomic E-state index is 0.0690. The van der Waals surface area contributed by atoms with Gasteiger partial charge in [-0.25, -0.2) is 0 Å². The number of nitrogens with one attached hydrogen (secondary N) is 1. The third-order valence-electron chi connectivity index (χ3n) is 5.76. The lowest BCUT2D eigenvalue weighted by Gasteiger charge is -2.47. The topological polar surface area (TPSA) is 50.2 Å². The number of carbonyl (C=O) groups is 1. The molecule has 1 aliphatic carbocycles. The molecule has 0 radical (unpaired) electrons. The highest BCUT2D eigenvalue weighted by Crippen LogP contribution is 2.43. The number of benzene rings is 1. The first-order valence-electron chi connectivity index (χ1n) is 9.10. The van der Waals surface area contributed by atoms with E-state index >= 15 is 0 Å². The second kappa shape index (κ2) is 5.99. The number of aromatic nitrogens is 2. The smallest absolute Gasteiger partial charge is 0.245 e. The number of amides is 1. The Bertz CT molecular complexity index is 776. The summed E-state index contributed by atoms with van der Waals surface area (Å²) < 4.78 is 1.80. The first-order chi connectivity index (χ1) is 12.0. The van der Waals surface area contributed by atoms with Crippen LogP contribution in [0.4, 0.5) is 5.82 Å². The van der Waals surface area contributed by atoms with Crippen LogP contribution in [0.3, 0.4) is 0 Å². The highest BCUT2D eigenvalue weighted by atomic mass is 16.2. The average Bonchev–Trinajstić information content (AvgIpc) is 3.08. The van der Waals surface area contributed by atoms with Crippen LogP contribution in [0.25, 0.3) is 0 Å². The molecule has 4 rings (SSSR count). The van der Waals surface area contributed by atoms with E-state index in [1.165, 1.54) is 5.56 Å².